The van der Waals surface area contributed by atoms with Crippen LogP contribution in [0.5, 0.6) is 17.2 Å². The van der Waals surface area contributed by atoms with Crippen molar-refractivity contribution in [1.29, 1.82) is 0 Å². The number of ether oxygens (including phenoxy) is 3. The third-order valence-corrected chi connectivity index (χ3v) is 6.89. The van der Waals surface area contributed by atoms with Crippen molar-refractivity contribution in [2.75, 3.05) is 26.8 Å². The molecule has 2 aromatic carbocycles. The van der Waals surface area contributed by atoms with Gasteiger partial charge < -0.3 is 29.7 Å². The van der Waals surface area contributed by atoms with E-state index in [1.165, 1.54) is 6.20 Å². The molecule has 39 heavy (non-hydrogen) atoms. The Kier molecular flexibility index (Phi) is 7.62. The smallest absolute Gasteiger partial charge is 0.258 e. The summed E-state index contributed by atoms with van der Waals surface area (Å²) in [5, 5.41) is 5.90. The van der Waals surface area contributed by atoms with Gasteiger partial charge >= 0.3 is 0 Å². The van der Waals surface area contributed by atoms with E-state index in [2.05, 4.69) is 15.6 Å². The number of methoxy groups -OCH3 is 1. The second-order valence-electron chi connectivity index (χ2n) is 9.54. The van der Waals surface area contributed by atoms with Crippen molar-refractivity contribution < 1.29 is 28.6 Å². The molecule has 0 saturated carbocycles. The van der Waals surface area contributed by atoms with Gasteiger partial charge in [0.25, 0.3) is 17.7 Å². The van der Waals surface area contributed by atoms with Crippen LogP contribution in [0.3, 0.4) is 0 Å². The van der Waals surface area contributed by atoms with Crippen LogP contribution in [0, 0.1) is 6.92 Å². The summed E-state index contributed by atoms with van der Waals surface area (Å²) in [7, 11) is 1.55. The molecule has 0 aliphatic carbocycles. The van der Waals surface area contributed by atoms with E-state index in [4.69, 9.17) is 14.2 Å². The summed E-state index contributed by atoms with van der Waals surface area (Å²) < 4.78 is 17.6. The van der Waals surface area contributed by atoms with Gasteiger partial charge in [0.15, 0.2) is 6.61 Å². The average Bonchev–Trinajstić information content (AvgIpc) is 2.96. The molecule has 3 aliphatic rings. The molecule has 3 aliphatic heterocycles. The lowest BCUT2D eigenvalue weighted by Gasteiger charge is -2.39. The first-order chi connectivity index (χ1) is 18.9. The Morgan fingerprint density at radius 2 is 2.03 bits per heavy atom. The summed E-state index contributed by atoms with van der Waals surface area (Å²) in [4.78, 5) is 44.8. The molecule has 3 amide bonds. The molecule has 3 aromatic rings. The quantitative estimate of drug-likeness (QED) is 0.523. The first-order valence-corrected chi connectivity index (χ1v) is 12.7. The van der Waals surface area contributed by atoms with E-state index in [1.54, 1.807) is 60.7 Å². The summed E-state index contributed by atoms with van der Waals surface area (Å²) >= 11 is 0. The Morgan fingerprint density at radius 1 is 1.15 bits per heavy atom. The van der Waals surface area contributed by atoms with Gasteiger partial charge in [0.05, 0.1) is 18.7 Å². The number of amides is 3. The minimum absolute atomic E-state index is 0.159. The number of carbonyl (C=O) groups excluding carboxylic acids is 3. The number of likely N-dealkylation sites (tertiary alicyclic amines) is 1. The van der Waals surface area contributed by atoms with E-state index in [1.807, 2.05) is 13.0 Å². The number of pyridine rings is 1. The molecule has 2 N–H and O–H groups in total. The number of nitrogens with one attached hydrogen (secondary N) is 2. The monoisotopic (exact) mass is 530 g/mol. The van der Waals surface area contributed by atoms with Crippen LogP contribution < -0.4 is 24.8 Å². The Balaban J connectivity index is 1.47. The fraction of sp³-hybridized carbons (Fsp3) is 0.310. The van der Waals surface area contributed by atoms with Gasteiger partial charge in [-0.1, -0.05) is 6.07 Å². The highest BCUT2D eigenvalue weighted by Crippen LogP contribution is 2.28. The predicted octanol–water partition coefficient (Wildman–Crippen LogP) is 2.50. The maximum Gasteiger partial charge on any atom is 0.258 e. The van der Waals surface area contributed by atoms with Crippen molar-refractivity contribution >= 4 is 17.7 Å². The standard InChI is InChI=1S/C29H30N4O6/c1-18-5-6-19-12-25(18)38-17-27(34)31-15-20-7-8-22(13-26(20)37-2)39-24-9-11-33(16-23(24)32-28(19)35)29(36)21-4-3-10-30-14-21/h3-8,10,12-14,23-24H,9,11,15-17H2,1-2H3,(H,31,34)(H,32,35)/t23-,24+/m0/s1. The second-order valence-corrected chi connectivity index (χ2v) is 9.54. The fourth-order valence-corrected chi connectivity index (χ4v) is 4.72. The van der Waals surface area contributed by atoms with E-state index in [9.17, 15) is 14.4 Å². The molecular weight excluding hydrogens is 500 g/mol. The number of aryl methyl sites for hydroxylation is 1. The maximum atomic E-state index is 13.4. The zero-order chi connectivity index (χ0) is 27.4. The third kappa shape index (κ3) is 5.95. The number of hydrogen-bond donors (Lipinski definition) is 2. The van der Waals surface area contributed by atoms with Crippen LogP contribution >= 0.6 is 0 Å². The number of carbonyl (C=O) groups is 3. The first kappa shape index (κ1) is 26.0. The van der Waals surface area contributed by atoms with Crippen LogP contribution in [-0.2, 0) is 11.3 Å². The van der Waals surface area contributed by atoms with E-state index < -0.39 is 12.1 Å². The van der Waals surface area contributed by atoms with Crippen LogP contribution in [0.4, 0.5) is 0 Å². The van der Waals surface area contributed by atoms with E-state index in [0.29, 0.717) is 41.3 Å². The Labute approximate surface area is 226 Å². The van der Waals surface area contributed by atoms with Gasteiger partial charge in [-0.3, -0.25) is 19.4 Å². The lowest BCUT2D eigenvalue weighted by Crippen LogP contribution is -2.58. The number of nitrogens with zero attached hydrogens (tertiary/aromatic N) is 2. The molecule has 4 heterocycles. The minimum atomic E-state index is -0.498. The SMILES string of the molecule is COc1cc2ccc1CNC(=O)COc1cc(ccc1C)C(=O)N[C@H]1CN(C(=O)c3cccnc3)CC[C@H]1O2. The van der Waals surface area contributed by atoms with Crippen LogP contribution in [-0.4, -0.2) is 66.6 Å². The number of aromatic nitrogens is 1. The van der Waals surface area contributed by atoms with Gasteiger partial charge in [0.1, 0.15) is 23.4 Å². The van der Waals surface area contributed by atoms with Crippen LogP contribution in [0.15, 0.2) is 60.9 Å². The number of hydrogen-bond acceptors (Lipinski definition) is 7. The van der Waals surface area contributed by atoms with Gasteiger partial charge in [0.2, 0.25) is 0 Å². The third-order valence-electron chi connectivity index (χ3n) is 6.89. The summed E-state index contributed by atoms with van der Waals surface area (Å²) in [6.07, 6.45) is 3.25. The van der Waals surface area contributed by atoms with Crippen LogP contribution in [0.2, 0.25) is 0 Å². The number of fused-ring (bicyclic) bond motifs is 7. The molecule has 0 unspecified atom stereocenters. The Morgan fingerprint density at radius 3 is 2.82 bits per heavy atom. The lowest BCUT2D eigenvalue weighted by atomic mass is 10.00. The zero-order valence-corrected chi connectivity index (χ0v) is 21.8. The van der Waals surface area contributed by atoms with Gasteiger partial charge in [-0.05, 0) is 48.9 Å². The molecule has 4 bridgehead atoms. The summed E-state index contributed by atoms with van der Waals surface area (Å²) in [5.41, 5.74) is 2.43. The molecule has 1 saturated heterocycles. The first-order valence-electron chi connectivity index (χ1n) is 12.7. The van der Waals surface area contributed by atoms with Gasteiger partial charge in [0, 0.05) is 55.6 Å². The molecular formula is C29H30N4O6. The van der Waals surface area contributed by atoms with Crippen molar-refractivity contribution in [2.45, 2.75) is 32.0 Å². The van der Waals surface area contributed by atoms with Crippen molar-refractivity contribution in [3.05, 3.63) is 83.2 Å². The highest BCUT2D eigenvalue weighted by Gasteiger charge is 2.35. The van der Waals surface area contributed by atoms with Gasteiger partial charge in [-0.2, -0.15) is 0 Å². The molecule has 1 fully saturated rings. The number of piperidine rings is 1. The lowest BCUT2D eigenvalue weighted by molar-refractivity contribution is -0.123. The predicted molar refractivity (Wildman–Crippen MR) is 142 cm³/mol. The van der Waals surface area contributed by atoms with Crippen LogP contribution in [0.25, 0.3) is 0 Å². The number of rotatable bonds is 2. The molecule has 0 spiro atoms. The fourth-order valence-electron chi connectivity index (χ4n) is 4.72. The van der Waals surface area contributed by atoms with Crippen LogP contribution in [0.1, 0.15) is 38.3 Å². The Bertz CT molecular complexity index is 1380. The molecule has 10 nitrogen and oxygen atoms in total. The second kappa shape index (κ2) is 11.4. The summed E-state index contributed by atoms with van der Waals surface area (Å²) in [5.74, 6) is 0.756. The molecule has 2 atom stereocenters. The highest BCUT2D eigenvalue weighted by molar-refractivity contribution is 5.96. The van der Waals surface area contributed by atoms with Crippen molar-refractivity contribution in [1.82, 2.24) is 20.5 Å². The van der Waals surface area contributed by atoms with Gasteiger partial charge in [-0.25, -0.2) is 0 Å². The topological polar surface area (TPSA) is 119 Å². The zero-order valence-electron chi connectivity index (χ0n) is 21.8. The van der Waals surface area contributed by atoms with Crippen molar-refractivity contribution in [2.24, 2.45) is 0 Å². The van der Waals surface area contributed by atoms with Crippen molar-refractivity contribution in [3.63, 3.8) is 0 Å². The minimum Gasteiger partial charge on any atom is -0.496 e. The van der Waals surface area contributed by atoms with E-state index in [0.717, 1.165) is 11.1 Å². The molecule has 6 rings (SSSR count). The molecule has 1 aromatic heterocycles. The molecule has 202 valence electrons. The largest absolute Gasteiger partial charge is 0.496 e. The van der Waals surface area contributed by atoms with Gasteiger partial charge in [-0.15, -0.1) is 0 Å². The molecule has 10 heteroatoms. The van der Waals surface area contributed by atoms with E-state index in [-0.39, 0.29) is 37.4 Å². The van der Waals surface area contributed by atoms with E-state index >= 15 is 0 Å². The highest BCUT2D eigenvalue weighted by atomic mass is 16.5. The van der Waals surface area contributed by atoms with Crippen molar-refractivity contribution in [3.8, 4) is 17.2 Å². The average molecular weight is 531 g/mol. The maximum absolute atomic E-state index is 13.4. The summed E-state index contributed by atoms with van der Waals surface area (Å²) in [6, 6.07) is 13.4. The number of benzene rings is 2. The Hall–Kier alpha value is -4.60. The molecule has 0 radical (unpaired) electrons. The normalized spacial score (nSPS) is 19.5. The summed E-state index contributed by atoms with van der Waals surface area (Å²) in [6.45, 7) is 2.60.